The van der Waals surface area contributed by atoms with Gasteiger partial charge >= 0.3 is 0 Å². The molecule has 0 aliphatic carbocycles. The van der Waals surface area contributed by atoms with Gasteiger partial charge in [-0.15, -0.1) is 0 Å². The summed E-state index contributed by atoms with van der Waals surface area (Å²) in [6.07, 6.45) is 0. The summed E-state index contributed by atoms with van der Waals surface area (Å²) in [5.41, 5.74) is 0.223. The summed E-state index contributed by atoms with van der Waals surface area (Å²) in [6, 6.07) is 3.87. The maximum absolute atomic E-state index is 11.7. The lowest BCUT2D eigenvalue weighted by Crippen LogP contribution is -2.31. The lowest BCUT2D eigenvalue weighted by atomic mass is 10.2. The lowest BCUT2D eigenvalue weighted by Gasteiger charge is -2.16. The predicted molar refractivity (Wildman–Crippen MR) is 69.7 cm³/mol. The highest BCUT2D eigenvalue weighted by Gasteiger charge is 2.24. The van der Waals surface area contributed by atoms with Crippen molar-refractivity contribution in [3.05, 3.63) is 33.3 Å². The SMILES string of the molecule is CC(C)(Br)C(=O)Nc1ccc([N+](=O)[O-])cc1Cl. The Hall–Kier alpha value is -1.14. The van der Waals surface area contributed by atoms with E-state index >= 15 is 0 Å². The summed E-state index contributed by atoms with van der Waals surface area (Å²) in [6.45, 7) is 3.36. The minimum atomic E-state index is -0.738. The Kier molecular flexibility index (Phi) is 4.11. The summed E-state index contributed by atoms with van der Waals surface area (Å²) in [4.78, 5) is 21.6. The van der Waals surface area contributed by atoms with Crippen LogP contribution in [-0.4, -0.2) is 15.2 Å². The summed E-state index contributed by atoms with van der Waals surface area (Å²) in [7, 11) is 0. The van der Waals surface area contributed by atoms with Crippen LogP contribution in [0.3, 0.4) is 0 Å². The topological polar surface area (TPSA) is 72.2 Å². The van der Waals surface area contributed by atoms with Crippen LogP contribution < -0.4 is 5.32 Å². The molecule has 0 spiro atoms. The number of rotatable bonds is 3. The second-order valence-electron chi connectivity index (χ2n) is 3.85. The molecular weight excluding hydrogens is 311 g/mol. The van der Waals surface area contributed by atoms with E-state index in [0.29, 0.717) is 5.69 Å². The van der Waals surface area contributed by atoms with Gasteiger partial charge in [-0.25, -0.2) is 0 Å². The third-order valence-electron chi connectivity index (χ3n) is 1.95. The van der Waals surface area contributed by atoms with E-state index in [1.165, 1.54) is 18.2 Å². The Balaban J connectivity index is 2.95. The number of carbonyl (C=O) groups excluding carboxylic acids is 1. The third-order valence-corrected chi connectivity index (χ3v) is 2.62. The van der Waals surface area contributed by atoms with Crippen LogP contribution >= 0.6 is 27.5 Å². The maximum atomic E-state index is 11.7. The number of alkyl halides is 1. The monoisotopic (exact) mass is 320 g/mol. The highest BCUT2D eigenvalue weighted by atomic mass is 79.9. The molecule has 0 aromatic heterocycles. The molecule has 92 valence electrons. The zero-order chi connectivity index (χ0) is 13.2. The molecule has 1 aromatic rings. The van der Waals surface area contributed by atoms with Gasteiger partial charge in [-0.3, -0.25) is 14.9 Å². The van der Waals surface area contributed by atoms with Gasteiger partial charge in [-0.1, -0.05) is 27.5 Å². The fourth-order valence-corrected chi connectivity index (χ4v) is 1.31. The molecule has 1 rings (SSSR count). The Morgan fingerprint density at radius 2 is 2.12 bits per heavy atom. The highest BCUT2D eigenvalue weighted by Crippen LogP contribution is 2.28. The number of hydrogen-bond donors (Lipinski definition) is 1. The van der Waals surface area contributed by atoms with E-state index in [-0.39, 0.29) is 16.6 Å². The summed E-state index contributed by atoms with van der Waals surface area (Å²) >= 11 is 9.03. The van der Waals surface area contributed by atoms with Crippen molar-refractivity contribution >= 4 is 44.8 Å². The Morgan fingerprint density at radius 1 is 1.53 bits per heavy atom. The molecule has 0 saturated carbocycles. The van der Waals surface area contributed by atoms with Crippen molar-refractivity contribution in [3.8, 4) is 0 Å². The first-order valence-corrected chi connectivity index (χ1v) is 5.83. The van der Waals surface area contributed by atoms with Crippen LogP contribution in [0.4, 0.5) is 11.4 Å². The quantitative estimate of drug-likeness (QED) is 0.527. The van der Waals surface area contributed by atoms with Gasteiger partial charge in [0.05, 0.1) is 20.0 Å². The van der Waals surface area contributed by atoms with Crippen LogP contribution in [0.15, 0.2) is 18.2 Å². The second-order valence-corrected chi connectivity index (χ2v) is 6.24. The minimum absolute atomic E-state index is 0.119. The van der Waals surface area contributed by atoms with Gasteiger partial charge in [-0.05, 0) is 19.9 Å². The summed E-state index contributed by atoms with van der Waals surface area (Å²) in [5, 5.41) is 13.2. The number of nitrogens with zero attached hydrogens (tertiary/aromatic N) is 1. The molecule has 0 saturated heterocycles. The number of non-ortho nitro benzene ring substituents is 1. The first-order chi connectivity index (χ1) is 7.71. The number of benzene rings is 1. The van der Waals surface area contributed by atoms with Gasteiger partial charge in [0.1, 0.15) is 0 Å². The van der Waals surface area contributed by atoms with Gasteiger partial charge in [0.2, 0.25) is 5.91 Å². The van der Waals surface area contributed by atoms with Crippen molar-refractivity contribution in [1.82, 2.24) is 0 Å². The molecule has 0 unspecified atom stereocenters. The van der Waals surface area contributed by atoms with E-state index in [1.54, 1.807) is 13.8 Å². The first kappa shape index (κ1) is 13.9. The standard InChI is InChI=1S/C10H10BrClN2O3/c1-10(2,11)9(15)13-8-4-3-6(14(16)17)5-7(8)12/h3-5H,1-2H3,(H,13,15). The largest absolute Gasteiger partial charge is 0.324 e. The number of nitro groups is 1. The average Bonchev–Trinajstić information content (AvgIpc) is 2.19. The van der Waals surface area contributed by atoms with Crippen molar-refractivity contribution in [2.24, 2.45) is 0 Å². The first-order valence-electron chi connectivity index (χ1n) is 4.66. The highest BCUT2D eigenvalue weighted by molar-refractivity contribution is 9.10. The zero-order valence-corrected chi connectivity index (χ0v) is 11.5. The van der Waals surface area contributed by atoms with Crippen molar-refractivity contribution in [2.45, 2.75) is 18.2 Å². The van der Waals surface area contributed by atoms with Crippen molar-refractivity contribution in [3.63, 3.8) is 0 Å². The maximum Gasteiger partial charge on any atom is 0.271 e. The fourth-order valence-electron chi connectivity index (χ4n) is 0.990. The van der Waals surface area contributed by atoms with Crippen molar-refractivity contribution in [1.29, 1.82) is 0 Å². The van der Waals surface area contributed by atoms with Gasteiger partial charge in [0.25, 0.3) is 5.69 Å². The molecule has 17 heavy (non-hydrogen) atoms. The van der Waals surface area contributed by atoms with Crippen molar-refractivity contribution in [2.75, 3.05) is 5.32 Å². The third kappa shape index (κ3) is 3.67. The fraction of sp³-hybridized carbons (Fsp3) is 0.300. The number of hydrogen-bond acceptors (Lipinski definition) is 3. The van der Waals surface area contributed by atoms with Gasteiger partial charge < -0.3 is 5.32 Å². The van der Waals surface area contributed by atoms with E-state index in [4.69, 9.17) is 11.6 Å². The predicted octanol–water partition coefficient (Wildman–Crippen LogP) is 3.36. The molecule has 1 amide bonds. The van der Waals surface area contributed by atoms with E-state index in [0.717, 1.165) is 0 Å². The normalized spacial score (nSPS) is 11.1. The number of nitrogens with one attached hydrogen (secondary N) is 1. The molecule has 0 aliphatic rings. The molecule has 1 N–H and O–H groups in total. The number of amides is 1. The number of anilines is 1. The molecule has 0 atom stereocenters. The molecule has 0 aliphatic heterocycles. The average molecular weight is 322 g/mol. The zero-order valence-electron chi connectivity index (χ0n) is 9.16. The van der Waals surface area contributed by atoms with E-state index in [9.17, 15) is 14.9 Å². The molecule has 0 heterocycles. The van der Waals surface area contributed by atoms with Gasteiger partial charge in [0, 0.05) is 12.1 Å². The number of nitro benzene ring substituents is 1. The summed E-state index contributed by atoms with van der Waals surface area (Å²) < 4.78 is -0.738. The minimum Gasteiger partial charge on any atom is -0.324 e. The van der Waals surface area contributed by atoms with Crippen LogP contribution in [0.5, 0.6) is 0 Å². The van der Waals surface area contributed by atoms with Crippen LogP contribution in [-0.2, 0) is 4.79 Å². The summed E-state index contributed by atoms with van der Waals surface area (Å²) in [5.74, 6) is -0.284. The van der Waals surface area contributed by atoms with Crippen molar-refractivity contribution < 1.29 is 9.72 Å². The van der Waals surface area contributed by atoms with Crippen LogP contribution in [0, 0.1) is 10.1 Å². The Morgan fingerprint density at radius 3 is 2.53 bits per heavy atom. The molecule has 5 nitrogen and oxygen atoms in total. The molecule has 7 heteroatoms. The van der Waals surface area contributed by atoms with Gasteiger partial charge in [-0.2, -0.15) is 0 Å². The molecule has 0 bridgehead atoms. The Bertz CT molecular complexity index is 471. The Labute approximate surface area is 111 Å². The van der Waals surface area contributed by atoms with E-state index in [1.807, 2.05) is 0 Å². The smallest absolute Gasteiger partial charge is 0.271 e. The molecule has 1 aromatic carbocycles. The molecule has 0 radical (unpaired) electrons. The van der Waals surface area contributed by atoms with Crippen LogP contribution in [0.2, 0.25) is 5.02 Å². The molecule has 0 fully saturated rings. The van der Waals surface area contributed by atoms with Crippen LogP contribution in [0.1, 0.15) is 13.8 Å². The lowest BCUT2D eigenvalue weighted by molar-refractivity contribution is -0.384. The van der Waals surface area contributed by atoms with E-state index < -0.39 is 9.25 Å². The van der Waals surface area contributed by atoms with E-state index in [2.05, 4.69) is 21.2 Å². The second kappa shape index (κ2) is 5.01. The van der Waals surface area contributed by atoms with Crippen LogP contribution in [0.25, 0.3) is 0 Å². The number of carbonyl (C=O) groups is 1. The van der Waals surface area contributed by atoms with Gasteiger partial charge in [0.15, 0.2) is 0 Å². The molecular formula is C10H10BrClN2O3. The number of halogens is 2.